The minimum atomic E-state index is 0.722. The van der Waals surface area contributed by atoms with Crippen LogP contribution < -0.4 is 9.47 Å². The van der Waals surface area contributed by atoms with E-state index in [1.165, 1.54) is 56.4 Å². The summed E-state index contributed by atoms with van der Waals surface area (Å²) in [7, 11) is 0. The van der Waals surface area contributed by atoms with Gasteiger partial charge >= 0.3 is 0 Å². The molecule has 5 aliphatic rings. The lowest BCUT2D eigenvalue weighted by molar-refractivity contribution is 0.281. The molecule has 5 aliphatic carbocycles. The average molecular weight is 312 g/mol. The molecule has 0 spiro atoms. The second kappa shape index (κ2) is 5.16. The van der Waals surface area contributed by atoms with E-state index in [4.69, 9.17) is 9.47 Å². The Balaban J connectivity index is 1.81. The molecule has 0 radical (unpaired) electrons. The van der Waals surface area contributed by atoms with Crippen molar-refractivity contribution in [2.75, 3.05) is 13.2 Å². The third-order valence-electron chi connectivity index (χ3n) is 6.93. The van der Waals surface area contributed by atoms with Crippen molar-refractivity contribution in [1.29, 1.82) is 0 Å². The molecule has 0 unspecified atom stereocenters. The predicted octanol–water partition coefficient (Wildman–Crippen LogP) is 5.60. The van der Waals surface area contributed by atoms with E-state index in [0.29, 0.717) is 0 Å². The maximum Gasteiger partial charge on any atom is 0.127 e. The minimum absolute atomic E-state index is 0.722. The summed E-state index contributed by atoms with van der Waals surface area (Å²) in [6.07, 6.45) is 9.48. The van der Waals surface area contributed by atoms with Crippen LogP contribution in [0.15, 0.2) is 0 Å². The van der Waals surface area contributed by atoms with Gasteiger partial charge in [-0.1, -0.05) is 0 Å². The molecule has 23 heavy (non-hydrogen) atoms. The Bertz CT molecular complexity index is 585. The zero-order chi connectivity index (χ0) is 15.6. The molecule has 124 valence electrons. The molecule has 0 N–H and O–H groups in total. The molecule has 0 amide bonds. The fourth-order valence-electron chi connectivity index (χ4n) is 6.18. The van der Waals surface area contributed by atoms with Crippen LogP contribution >= 0.6 is 0 Å². The molecular formula is C21H28O2. The van der Waals surface area contributed by atoms with Gasteiger partial charge in [0.2, 0.25) is 0 Å². The number of rotatable bonds is 4. The fraction of sp³-hybridized carbons (Fsp3) is 0.714. The molecule has 2 atom stereocenters. The van der Waals surface area contributed by atoms with E-state index in [1.54, 1.807) is 22.3 Å². The van der Waals surface area contributed by atoms with E-state index in [2.05, 4.69) is 13.8 Å². The molecule has 0 saturated heterocycles. The lowest BCUT2D eigenvalue weighted by Gasteiger charge is -2.42. The van der Waals surface area contributed by atoms with Crippen molar-refractivity contribution < 1.29 is 9.47 Å². The zero-order valence-corrected chi connectivity index (χ0v) is 14.5. The van der Waals surface area contributed by atoms with Crippen LogP contribution in [0.1, 0.15) is 105 Å². The summed E-state index contributed by atoms with van der Waals surface area (Å²) in [5.74, 6) is 5.54. The standard InChI is InChI=1S/C21H28O2/c1-3-22-20-16-12-5-7-13(8-6-12)17(16)21(23-4-2)19-15-10-9-14(11-15)18(19)20/h12-15H,3-11H2,1-2H3/t12?,13?,14-,15+. The molecule has 2 heteroatoms. The zero-order valence-electron chi connectivity index (χ0n) is 14.5. The maximum atomic E-state index is 6.33. The molecule has 4 bridgehead atoms. The van der Waals surface area contributed by atoms with E-state index >= 15 is 0 Å². The minimum Gasteiger partial charge on any atom is -0.493 e. The number of benzene rings is 1. The first-order valence-corrected chi connectivity index (χ1v) is 9.82. The molecular weight excluding hydrogens is 284 g/mol. The summed E-state index contributed by atoms with van der Waals surface area (Å²) in [4.78, 5) is 0. The van der Waals surface area contributed by atoms with Crippen LogP contribution in [0.2, 0.25) is 0 Å². The van der Waals surface area contributed by atoms with E-state index in [0.717, 1.165) is 36.9 Å². The first kappa shape index (κ1) is 14.2. The van der Waals surface area contributed by atoms with Gasteiger partial charge in [0.25, 0.3) is 0 Å². The Morgan fingerprint density at radius 1 is 0.609 bits per heavy atom. The van der Waals surface area contributed by atoms with Crippen LogP contribution in [0.5, 0.6) is 11.5 Å². The van der Waals surface area contributed by atoms with Crippen molar-refractivity contribution >= 4 is 0 Å². The summed E-state index contributed by atoms with van der Waals surface area (Å²) in [5.41, 5.74) is 6.28. The molecule has 6 rings (SSSR count). The van der Waals surface area contributed by atoms with Crippen LogP contribution in [0.25, 0.3) is 0 Å². The fourth-order valence-corrected chi connectivity index (χ4v) is 6.18. The van der Waals surface area contributed by atoms with Gasteiger partial charge in [-0.3, -0.25) is 0 Å². The number of fused-ring (bicyclic) bond motifs is 7. The quantitative estimate of drug-likeness (QED) is 0.720. The van der Waals surface area contributed by atoms with E-state index in [-0.39, 0.29) is 0 Å². The molecule has 0 aliphatic heterocycles. The molecule has 2 nitrogen and oxygen atoms in total. The number of ether oxygens (including phenoxy) is 2. The van der Waals surface area contributed by atoms with E-state index in [1.807, 2.05) is 0 Å². The normalized spacial score (nSPS) is 32.8. The van der Waals surface area contributed by atoms with Crippen molar-refractivity contribution in [2.24, 2.45) is 0 Å². The highest BCUT2D eigenvalue weighted by molar-refractivity contribution is 5.67. The van der Waals surface area contributed by atoms with Gasteiger partial charge in [-0.2, -0.15) is 0 Å². The highest BCUT2D eigenvalue weighted by atomic mass is 16.5. The van der Waals surface area contributed by atoms with Crippen LogP contribution in [0.3, 0.4) is 0 Å². The molecule has 1 aromatic carbocycles. The molecule has 0 heterocycles. The van der Waals surface area contributed by atoms with Gasteiger partial charge in [-0.15, -0.1) is 0 Å². The van der Waals surface area contributed by atoms with Crippen LogP contribution in [-0.2, 0) is 0 Å². The largest absolute Gasteiger partial charge is 0.493 e. The predicted molar refractivity (Wildman–Crippen MR) is 92.1 cm³/mol. The second-order valence-electron chi connectivity index (χ2n) is 7.93. The highest BCUT2D eigenvalue weighted by Gasteiger charge is 2.47. The lowest BCUT2D eigenvalue weighted by Crippen LogP contribution is -2.25. The van der Waals surface area contributed by atoms with Crippen LogP contribution in [-0.4, -0.2) is 13.2 Å². The van der Waals surface area contributed by atoms with Crippen molar-refractivity contribution in [3.8, 4) is 11.5 Å². The summed E-state index contributed by atoms with van der Waals surface area (Å²) in [6.45, 7) is 5.87. The Kier molecular flexibility index (Phi) is 3.18. The maximum absolute atomic E-state index is 6.33. The van der Waals surface area contributed by atoms with E-state index in [9.17, 15) is 0 Å². The van der Waals surface area contributed by atoms with Crippen LogP contribution in [0.4, 0.5) is 0 Å². The van der Waals surface area contributed by atoms with Crippen molar-refractivity contribution in [3.63, 3.8) is 0 Å². The SMILES string of the molecule is CCOc1c2c(c(OCC)c3c1[C@@H]1CC[C@H]3C1)C1CCC2CC1. The Morgan fingerprint density at radius 2 is 0.957 bits per heavy atom. The van der Waals surface area contributed by atoms with Gasteiger partial charge in [0.15, 0.2) is 0 Å². The summed E-state index contributed by atoms with van der Waals surface area (Å²) >= 11 is 0. The topological polar surface area (TPSA) is 18.5 Å². The monoisotopic (exact) mass is 312 g/mol. The molecule has 0 aromatic heterocycles. The third kappa shape index (κ3) is 1.81. The van der Waals surface area contributed by atoms with Gasteiger partial charge in [0, 0.05) is 22.3 Å². The van der Waals surface area contributed by atoms with E-state index < -0.39 is 0 Å². The summed E-state index contributed by atoms with van der Waals surface area (Å²) in [5, 5.41) is 0. The summed E-state index contributed by atoms with van der Waals surface area (Å²) < 4.78 is 12.7. The second-order valence-corrected chi connectivity index (χ2v) is 7.93. The molecule has 2 saturated carbocycles. The Hall–Kier alpha value is -1.18. The summed E-state index contributed by atoms with van der Waals surface area (Å²) in [6, 6.07) is 0. The lowest BCUT2D eigenvalue weighted by atomic mass is 9.64. The highest BCUT2D eigenvalue weighted by Crippen LogP contribution is 2.65. The average Bonchev–Trinajstić information content (AvgIpc) is 3.20. The number of hydrogen-bond acceptors (Lipinski definition) is 2. The Morgan fingerprint density at radius 3 is 1.35 bits per heavy atom. The van der Waals surface area contributed by atoms with Gasteiger partial charge in [-0.05, 0) is 82.5 Å². The Labute approximate surface area is 139 Å². The smallest absolute Gasteiger partial charge is 0.127 e. The first-order chi connectivity index (χ1) is 11.3. The van der Waals surface area contributed by atoms with Gasteiger partial charge in [-0.25, -0.2) is 0 Å². The van der Waals surface area contributed by atoms with Crippen molar-refractivity contribution in [1.82, 2.24) is 0 Å². The van der Waals surface area contributed by atoms with Crippen molar-refractivity contribution in [2.45, 2.75) is 82.5 Å². The van der Waals surface area contributed by atoms with Crippen LogP contribution in [0, 0.1) is 0 Å². The first-order valence-electron chi connectivity index (χ1n) is 9.82. The van der Waals surface area contributed by atoms with Gasteiger partial charge in [0.05, 0.1) is 13.2 Å². The van der Waals surface area contributed by atoms with Gasteiger partial charge < -0.3 is 9.47 Å². The number of hydrogen-bond donors (Lipinski definition) is 0. The molecule has 1 aromatic rings. The third-order valence-corrected chi connectivity index (χ3v) is 6.93. The van der Waals surface area contributed by atoms with Gasteiger partial charge in [0.1, 0.15) is 11.5 Å². The molecule has 2 fully saturated rings. The van der Waals surface area contributed by atoms with Crippen molar-refractivity contribution in [3.05, 3.63) is 22.3 Å².